The van der Waals surface area contributed by atoms with Crippen molar-refractivity contribution in [2.75, 3.05) is 5.32 Å². The molecule has 1 aromatic heterocycles. The van der Waals surface area contributed by atoms with Crippen LogP contribution in [0.25, 0.3) is 0 Å². The van der Waals surface area contributed by atoms with Gasteiger partial charge in [-0.3, -0.25) is 4.79 Å². The maximum absolute atomic E-state index is 14.1. The molecule has 2 N–H and O–H groups in total. The van der Waals surface area contributed by atoms with E-state index in [1.54, 1.807) is 11.0 Å². The molecule has 2 aliphatic rings. The van der Waals surface area contributed by atoms with E-state index in [0.29, 0.717) is 19.3 Å². The summed E-state index contributed by atoms with van der Waals surface area (Å²) in [5.74, 6) is -1.22. The van der Waals surface area contributed by atoms with Gasteiger partial charge in [-0.1, -0.05) is 11.6 Å². The number of carbonyl (C=O) groups is 1. The highest BCUT2D eigenvalue weighted by Crippen LogP contribution is 2.43. The number of amides is 2. The summed E-state index contributed by atoms with van der Waals surface area (Å²) in [7, 11) is 0. The van der Waals surface area contributed by atoms with Crippen molar-refractivity contribution in [2.24, 2.45) is 0 Å². The first kappa shape index (κ1) is 18.8. The number of anilines is 1. The van der Waals surface area contributed by atoms with Crippen LogP contribution in [0.3, 0.4) is 0 Å². The molecule has 2 amide bonds. The molecule has 1 fully saturated rings. The standard InChI is InChI=1S/C18H14ClF4N3O2/c19-11-7-14(12(20)6-10(11)18(21,22)23)25-17(28)26-8-1-3-15(26)9-2-4-16(27)24-13(9)5-8/h2,4,6-8,15H,1,3,5H2,(H,24,27)(H,25,28)/t8-,15+/m0/s1. The second-order valence-electron chi connectivity index (χ2n) is 6.85. The van der Waals surface area contributed by atoms with Gasteiger partial charge in [-0.2, -0.15) is 13.2 Å². The molecule has 0 saturated carbocycles. The highest BCUT2D eigenvalue weighted by Gasteiger charge is 2.43. The number of nitrogens with zero attached hydrogens (tertiary/aromatic N) is 1. The lowest BCUT2D eigenvalue weighted by Gasteiger charge is -2.36. The van der Waals surface area contributed by atoms with Crippen LogP contribution < -0.4 is 10.9 Å². The Morgan fingerprint density at radius 3 is 2.71 bits per heavy atom. The van der Waals surface area contributed by atoms with Crippen LogP contribution in [0.1, 0.15) is 35.7 Å². The quantitative estimate of drug-likeness (QED) is 0.674. The van der Waals surface area contributed by atoms with Crippen LogP contribution in [0.4, 0.5) is 28.0 Å². The summed E-state index contributed by atoms with van der Waals surface area (Å²) in [6, 6.07) is 2.96. The van der Waals surface area contributed by atoms with Gasteiger partial charge in [-0.25, -0.2) is 9.18 Å². The van der Waals surface area contributed by atoms with Crippen LogP contribution in [-0.4, -0.2) is 22.0 Å². The third-order valence-electron chi connectivity index (χ3n) is 5.18. The Hall–Kier alpha value is -2.55. The van der Waals surface area contributed by atoms with Crippen molar-refractivity contribution in [3.05, 3.63) is 62.3 Å². The number of alkyl halides is 3. The first-order valence-electron chi connectivity index (χ1n) is 8.53. The van der Waals surface area contributed by atoms with Gasteiger partial charge in [-0.15, -0.1) is 0 Å². The fourth-order valence-corrected chi connectivity index (χ4v) is 4.25. The summed E-state index contributed by atoms with van der Waals surface area (Å²) in [6.07, 6.45) is -2.98. The molecule has 148 valence electrons. The minimum atomic E-state index is -4.80. The number of rotatable bonds is 1. The van der Waals surface area contributed by atoms with Crippen LogP contribution in [-0.2, 0) is 12.6 Å². The van der Waals surface area contributed by atoms with E-state index in [1.165, 1.54) is 6.07 Å². The van der Waals surface area contributed by atoms with Gasteiger partial charge in [0.1, 0.15) is 5.82 Å². The normalized spacial score (nSPS) is 20.8. The lowest BCUT2D eigenvalue weighted by Crippen LogP contribution is -2.45. The maximum atomic E-state index is 14.1. The highest BCUT2D eigenvalue weighted by atomic mass is 35.5. The molecule has 10 heteroatoms. The molecule has 0 spiro atoms. The van der Waals surface area contributed by atoms with Crippen molar-refractivity contribution in [3.63, 3.8) is 0 Å². The van der Waals surface area contributed by atoms with Crippen LogP contribution in [0, 0.1) is 5.82 Å². The summed E-state index contributed by atoms with van der Waals surface area (Å²) in [5, 5.41) is 1.63. The number of H-pyrrole nitrogens is 1. The molecule has 2 atom stereocenters. The molecule has 0 radical (unpaired) electrons. The van der Waals surface area contributed by atoms with E-state index in [1.807, 2.05) is 0 Å². The van der Waals surface area contributed by atoms with Crippen LogP contribution in [0.2, 0.25) is 5.02 Å². The van der Waals surface area contributed by atoms with E-state index in [9.17, 15) is 27.2 Å². The second-order valence-corrected chi connectivity index (χ2v) is 7.26. The van der Waals surface area contributed by atoms with Gasteiger partial charge >= 0.3 is 12.2 Å². The number of hydrogen-bond donors (Lipinski definition) is 2. The molecular weight excluding hydrogens is 402 g/mol. The molecular formula is C18H14ClF4N3O2. The minimum absolute atomic E-state index is 0.191. The predicted molar refractivity (Wildman–Crippen MR) is 93.8 cm³/mol. The van der Waals surface area contributed by atoms with Crippen molar-refractivity contribution >= 4 is 23.3 Å². The van der Waals surface area contributed by atoms with E-state index in [2.05, 4.69) is 10.3 Å². The number of nitrogens with one attached hydrogen (secondary N) is 2. The molecule has 0 unspecified atom stereocenters. The lowest BCUT2D eigenvalue weighted by molar-refractivity contribution is -0.137. The molecule has 3 heterocycles. The number of halogens is 5. The van der Waals surface area contributed by atoms with Crippen molar-refractivity contribution in [1.29, 1.82) is 0 Å². The van der Waals surface area contributed by atoms with E-state index in [4.69, 9.17) is 11.6 Å². The zero-order chi connectivity index (χ0) is 20.2. The number of fused-ring (bicyclic) bond motifs is 4. The number of aromatic amines is 1. The third-order valence-corrected chi connectivity index (χ3v) is 5.49. The SMILES string of the molecule is O=C(Nc1cc(Cl)c(C(F)(F)F)cc1F)N1[C@H]2CC[C@@H]1c1ccc(=O)[nH]c1C2. The maximum Gasteiger partial charge on any atom is 0.417 e. The van der Waals surface area contributed by atoms with Gasteiger partial charge < -0.3 is 15.2 Å². The zero-order valence-electron chi connectivity index (χ0n) is 14.2. The number of carbonyl (C=O) groups excluding carboxylic acids is 1. The Morgan fingerprint density at radius 2 is 2.00 bits per heavy atom. The summed E-state index contributed by atoms with van der Waals surface area (Å²) in [4.78, 5) is 28.6. The van der Waals surface area contributed by atoms with E-state index < -0.39 is 34.3 Å². The number of urea groups is 1. The Bertz CT molecular complexity index is 1020. The van der Waals surface area contributed by atoms with Gasteiger partial charge in [0, 0.05) is 24.2 Å². The average Bonchev–Trinajstić information content (AvgIpc) is 2.92. The van der Waals surface area contributed by atoms with Gasteiger partial charge in [0.25, 0.3) is 0 Å². The van der Waals surface area contributed by atoms with E-state index >= 15 is 0 Å². The van der Waals surface area contributed by atoms with Crippen molar-refractivity contribution in [2.45, 2.75) is 37.5 Å². The second kappa shape index (κ2) is 6.51. The third kappa shape index (κ3) is 3.13. The van der Waals surface area contributed by atoms with E-state index in [-0.39, 0.29) is 23.7 Å². The summed E-state index contributed by atoms with van der Waals surface area (Å²) in [6.45, 7) is 0. The number of benzene rings is 1. The molecule has 2 aromatic rings. The summed E-state index contributed by atoms with van der Waals surface area (Å²) in [5.41, 5.74) is -0.366. The Kier molecular flexibility index (Phi) is 4.37. The molecule has 2 bridgehead atoms. The first-order chi connectivity index (χ1) is 13.1. The fraction of sp³-hybridized carbons (Fsp3) is 0.333. The van der Waals surface area contributed by atoms with Gasteiger partial charge in [-0.05, 0) is 36.6 Å². The highest BCUT2D eigenvalue weighted by molar-refractivity contribution is 6.31. The van der Waals surface area contributed by atoms with E-state index in [0.717, 1.165) is 17.3 Å². The largest absolute Gasteiger partial charge is 0.417 e. The summed E-state index contributed by atoms with van der Waals surface area (Å²) >= 11 is 5.62. The van der Waals surface area contributed by atoms with Crippen molar-refractivity contribution < 1.29 is 22.4 Å². The first-order valence-corrected chi connectivity index (χ1v) is 8.90. The van der Waals surface area contributed by atoms with Gasteiger partial charge in [0.05, 0.1) is 22.3 Å². The average molecular weight is 416 g/mol. The Labute approximate surface area is 161 Å². The van der Waals surface area contributed by atoms with Crippen LogP contribution in [0.15, 0.2) is 29.1 Å². The molecule has 4 rings (SSSR count). The molecule has 2 aliphatic heterocycles. The Morgan fingerprint density at radius 1 is 1.25 bits per heavy atom. The monoisotopic (exact) mass is 415 g/mol. The zero-order valence-corrected chi connectivity index (χ0v) is 15.0. The number of aromatic nitrogens is 1. The minimum Gasteiger partial charge on any atom is -0.326 e. The van der Waals surface area contributed by atoms with Crippen LogP contribution >= 0.6 is 11.6 Å². The predicted octanol–water partition coefficient (Wildman–Crippen LogP) is 4.48. The molecule has 5 nitrogen and oxygen atoms in total. The van der Waals surface area contributed by atoms with Crippen LogP contribution in [0.5, 0.6) is 0 Å². The number of pyridine rings is 1. The van der Waals surface area contributed by atoms with Crippen molar-refractivity contribution in [3.8, 4) is 0 Å². The smallest absolute Gasteiger partial charge is 0.326 e. The van der Waals surface area contributed by atoms with Gasteiger partial charge in [0.15, 0.2) is 0 Å². The van der Waals surface area contributed by atoms with Gasteiger partial charge in [0.2, 0.25) is 5.56 Å². The fourth-order valence-electron chi connectivity index (χ4n) is 3.98. The topological polar surface area (TPSA) is 65.2 Å². The Balaban J connectivity index is 1.61. The molecule has 1 aromatic carbocycles. The molecule has 28 heavy (non-hydrogen) atoms. The van der Waals surface area contributed by atoms with Crippen molar-refractivity contribution in [1.82, 2.24) is 9.88 Å². The summed E-state index contributed by atoms with van der Waals surface area (Å²) < 4.78 is 52.6. The molecule has 0 aliphatic carbocycles. The number of hydrogen-bond acceptors (Lipinski definition) is 2. The molecule has 1 saturated heterocycles. The lowest BCUT2D eigenvalue weighted by atomic mass is 9.98.